The van der Waals surface area contributed by atoms with E-state index in [1.54, 1.807) is 12.1 Å². The zero-order chi connectivity index (χ0) is 18.6. The number of sulfonamides is 1. The standard InChI is InChI=1S/C16H15ClN2O5S/c1-10-4-2-3-5-13(10)19-15(20)9-24-16(21)11-6-7-12(17)14(8-11)25(18,22)23/h2-8H,9H2,1H3,(H,19,20)(H2,18,22,23). The number of carbonyl (C=O) groups excluding carboxylic acids is 2. The third kappa shape index (κ3) is 5.02. The first-order valence-electron chi connectivity index (χ1n) is 7.03. The molecule has 0 aliphatic rings. The number of hydrogen-bond donors (Lipinski definition) is 2. The molecule has 0 aromatic heterocycles. The normalized spacial score (nSPS) is 11.0. The Labute approximate surface area is 149 Å². The lowest BCUT2D eigenvalue weighted by atomic mass is 10.2. The van der Waals surface area contributed by atoms with Crippen molar-refractivity contribution in [3.63, 3.8) is 0 Å². The zero-order valence-electron chi connectivity index (χ0n) is 13.2. The van der Waals surface area contributed by atoms with Crippen LogP contribution in [0, 0.1) is 6.92 Å². The topological polar surface area (TPSA) is 116 Å². The van der Waals surface area contributed by atoms with Crippen molar-refractivity contribution in [2.75, 3.05) is 11.9 Å². The maximum atomic E-state index is 12.0. The van der Waals surface area contributed by atoms with Crippen LogP contribution in [0.25, 0.3) is 0 Å². The van der Waals surface area contributed by atoms with Gasteiger partial charge in [0.25, 0.3) is 5.91 Å². The first-order chi connectivity index (χ1) is 11.7. The molecular weight excluding hydrogens is 368 g/mol. The van der Waals surface area contributed by atoms with Gasteiger partial charge in [-0.1, -0.05) is 29.8 Å². The van der Waals surface area contributed by atoms with E-state index in [1.165, 1.54) is 12.1 Å². The van der Waals surface area contributed by atoms with Gasteiger partial charge in [0, 0.05) is 5.69 Å². The highest BCUT2D eigenvalue weighted by Crippen LogP contribution is 2.22. The van der Waals surface area contributed by atoms with Gasteiger partial charge in [-0.2, -0.15) is 0 Å². The van der Waals surface area contributed by atoms with Crippen molar-refractivity contribution in [3.8, 4) is 0 Å². The molecule has 25 heavy (non-hydrogen) atoms. The zero-order valence-corrected chi connectivity index (χ0v) is 14.7. The molecule has 0 heterocycles. The van der Waals surface area contributed by atoms with Crippen molar-refractivity contribution in [2.45, 2.75) is 11.8 Å². The van der Waals surface area contributed by atoms with Crippen molar-refractivity contribution in [1.82, 2.24) is 0 Å². The number of amides is 1. The molecule has 0 saturated carbocycles. The molecule has 0 aliphatic heterocycles. The highest BCUT2D eigenvalue weighted by molar-refractivity contribution is 7.89. The Balaban J connectivity index is 2.03. The van der Waals surface area contributed by atoms with Crippen LogP contribution in [0.5, 0.6) is 0 Å². The van der Waals surface area contributed by atoms with Crippen molar-refractivity contribution in [1.29, 1.82) is 0 Å². The highest BCUT2D eigenvalue weighted by Gasteiger charge is 2.18. The van der Waals surface area contributed by atoms with E-state index in [4.69, 9.17) is 21.5 Å². The predicted molar refractivity (Wildman–Crippen MR) is 92.9 cm³/mol. The van der Waals surface area contributed by atoms with Gasteiger partial charge < -0.3 is 10.1 Å². The quantitative estimate of drug-likeness (QED) is 0.768. The van der Waals surface area contributed by atoms with Gasteiger partial charge in [0.2, 0.25) is 10.0 Å². The van der Waals surface area contributed by atoms with Crippen molar-refractivity contribution < 1.29 is 22.7 Å². The smallest absolute Gasteiger partial charge is 0.338 e. The summed E-state index contributed by atoms with van der Waals surface area (Å²) in [7, 11) is -4.09. The number of nitrogens with two attached hydrogens (primary N) is 1. The molecule has 0 radical (unpaired) electrons. The SMILES string of the molecule is Cc1ccccc1NC(=O)COC(=O)c1ccc(Cl)c(S(N)(=O)=O)c1. The largest absolute Gasteiger partial charge is 0.452 e. The Morgan fingerprint density at radius 2 is 1.88 bits per heavy atom. The third-order valence-electron chi connectivity index (χ3n) is 3.23. The fourth-order valence-corrected chi connectivity index (χ4v) is 3.03. The summed E-state index contributed by atoms with van der Waals surface area (Å²) >= 11 is 5.74. The van der Waals surface area contributed by atoms with Gasteiger partial charge >= 0.3 is 5.97 Å². The minimum Gasteiger partial charge on any atom is -0.452 e. The number of ether oxygens (including phenoxy) is 1. The molecule has 0 bridgehead atoms. The van der Waals surface area contributed by atoms with Crippen molar-refractivity contribution in [3.05, 3.63) is 58.6 Å². The van der Waals surface area contributed by atoms with Crippen molar-refractivity contribution >= 4 is 39.2 Å². The lowest BCUT2D eigenvalue weighted by Gasteiger charge is -2.09. The maximum Gasteiger partial charge on any atom is 0.338 e. The molecule has 0 saturated heterocycles. The summed E-state index contributed by atoms with van der Waals surface area (Å²) in [5.74, 6) is -1.40. The number of para-hydroxylation sites is 1. The Hall–Kier alpha value is -2.42. The average molecular weight is 383 g/mol. The Kier molecular flexibility index (Phi) is 5.78. The van der Waals surface area contributed by atoms with E-state index < -0.39 is 33.4 Å². The lowest BCUT2D eigenvalue weighted by Crippen LogP contribution is -2.21. The maximum absolute atomic E-state index is 12.0. The van der Waals surface area contributed by atoms with E-state index >= 15 is 0 Å². The van der Waals surface area contributed by atoms with Crippen LogP contribution in [0.1, 0.15) is 15.9 Å². The van der Waals surface area contributed by atoms with Gasteiger partial charge in [-0.3, -0.25) is 4.79 Å². The van der Waals surface area contributed by atoms with E-state index in [1.807, 2.05) is 19.1 Å². The summed E-state index contributed by atoms with van der Waals surface area (Å²) in [6.07, 6.45) is 0. The minimum absolute atomic E-state index is 0.0860. The molecule has 132 valence electrons. The fraction of sp³-hybridized carbons (Fsp3) is 0.125. The third-order valence-corrected chi connectivity index (χ3v) is 4.62. The number of hydrogen-bond acceptors (Lipinski definition) is 5. The number of nitrogens with one attached hydrogen (secondary N) is 1. The molecule has 0 atom stereocenters. The first-order valence-corrected chi connectivity index (χ1v) is 8.96. The van der Waals surface area contributed by atoms with Crippen LogP contribution in [0.15, 0.2) is 47.4 Å². The average Bonchev–Trinajstić information content (AvgIpc) is 2.54. The van der Waals surface area contributed by atoms with E-state index in [0.29, 0.717) is 5.69 Å². The summed E-state index contributed by atoms with van der Waals surface area (Å²) < 4.78 is 27.7. The van der Waals surface area contributed by atoms with Gasteiger partial charge in [-0.05, 0) is 36.8 Å². The summed E-state index contributed by atoms with van der Waals surface area (Å²) in [6, 6.07) is 10.6. The van der Waals surface area contributed by atoms with Crippen LogP contribution >= 0.6 is 11.6 Å². The van der Waals surface area contributed by atoms with Gasteiger partial charge in [0.15, 0.2) is 6.61 Å². The summed E-state index contributed by atoms with van der Waals surface area (Å²) in [4.78, 5) is 23.4. The van der Waals surface area contributed by atoms with E-state index in [-0.39, 0.29) is 10.6 Å². The number of primary sulfonamides is 1. The first kappa shape index (κ1) is 18.9. The minimum atomic E-state index is -4.09. The molecule has 0 fully saturated rings. The van der Waals surface area contributed by atoms with Crippen LogP contribution in [0.2, 0.25) is 5.02 Å². The Morgan fingerprint density at radius 3 is 2.52 bits per heavy atom. The molecule has 9 heteroatoms. The number of rotatable bonds is 5. The number of benzene rings is 2. The molecule has 0 unspecified atom stereocenters. The summed E-state index contributed by atoms with van der Waals surface area (Å²) in [6.45, 7) is 1.30. The number of esters is 1. The lowest BCUT2D eigenvalue weighted by molar-refractivity contribution is -0.119. The second-order valence-electron chi connectivity index (χ2n) is 5.13. The van der Waals surface area contributed by atoms with Gasteiger partial charge in [-0.25, -0.2) is 18.4 Å². The Morgan fingerprint density at radius 1 is 1.20 bits per heavy atom. The van der Waals surface area contributed by atoms with Crippen LogP contribution in [0.4, 0.5) is 5.69 Å². The second kappa shape index (κ2) is 7.64. The molecule has 2 aromatic carbocycles. The van der Waals surface area contributed by atoms with E-state index in [9.17, 15) is 18.0 Å². The predicted octanol–water partition coefficient (Wildman–Crippen LogP) is 2.09. The van der Waals surface area contributed by atoms with Crippen LogP contribution < -0.4 is 10.5 Å². The number of halogens is 1. The molecule has 0 spiro atoms. The van der Waals surface area contributed by atoms with Gasteiger partial charge in [0.05, 0.1) is 10.6 Å². The van der Waals surface area contributed by atoms with E-state index in [2.05, 4.69) is 5.32 Å². The molecule has 2 aromatic rings. The molecule has 3 N–H and O–H groups in total. The number of aryl methyl sites for hydroxylation is 1. The van der Waals surface area contributed by atoms with E-state index in [0.717, 1.165) is 11.6 Å². The van der Waals surface area contributed by atoms with Crippen LogP contribution in [-0.2, 0) is 19.6 Å². The molecule has 2 rings (SSSR count). The van der Waals surface area contributed by atoms with Crippen LogP contribution in [-0.4, -0.2) is 26.9 Å². The Bertz CT molecular complexity index is 928. The highest BCUT2D eigenvalue weighted by atomic mass is 35.5. The van der Waals surface area contributed by atoms with Crippen LogP contribution in [0.3, 0.4) is 0 Å². The number of anilines is 1. The second-order valence-corrected chi connectivity index (χ2v) is 7.07. The molecule has 7 nitrogen and oxygen atoms in total. The number of carbonyl (C=O) groups is 2. The summed E-state index contributed by atoms with van der Waals surface area (Å²) in [5.41, 5.74) is 1.38. The molecule has 1 amide bonds. The monoisotopic (exact) mass is 382 g/mol. The van der Waals surface area contributed by atoms with Gasteiger partial charge in [0.1, 0.15) is 4.90 Å². The van der Waals surface area contributed by atoms with Gasteiger partial charge in [-0.15, -0.1) is 0 Å². The van der Waals surface area contributed by atoms with Crippen molar-refractivity contribution in [2.24, 2.45) is 5.14 Å². The summed E-state index contributed by atoms with van der Waals surface area (Å²) in [5, 5.41) is 7.51. The fourth-order valence-electron chi connectivity index (χ4n) is 1.96. The molecular formula is C16H15ClN2O5S. The molecule has 0 aliphatic carbocycles.